The highest BCUT2D eigenvalue weighted by Gasteiger charge is 2.02. The Bertz CT molecular complexity index is 233. The van der Waals surface area contributed by atoms with Gasteiger partial charge in [-0.2, -0.15) is 0 Å². The molecule has 1 aromatic carbocycles. The van der Waals surface area contributed by atoms with Gasteiger partial charge in [-0.1, -0.05) is 23.7 Å². The quantitative estimate of drug-likeness (QED) is 0.623. The summed E-state index contributed by atoms with van der Waals surface area (Å²) in [6.45, 7) is 3.88. The van der Waals surface area contributed by atoms with Crippen LogP contribution in [0, 0.1) is 6.92 Å². The van der Waals surface area contributed by atoms with Crippen LogP contribution in [0.3, 0.4) is 0 Å². The summed E-state index contributed by atoms with van der Waals surface area (Å²) in [6.07, 6.45) is 0. The van der Waals surface area contributed by atoms with Gasteiger partial charge in [0.15, 0.2) is 0 Å². The summed E-state index contributed by atoms with van der Waals surface area (Å²) in [7, 11) is 0. The van der Waals surface area contributed by atoms with Gasteiger partial charge in [-0.3, -0.25) is 0 Å². The van der Waals surface area contributed by atoms with Gasteiger partial charge in [0.25, 0.3) is 0 Å². The van der Waals surface area contributed by atoms with E-state index < -0.39 is 0 Å². The maximum Gasteiger partial charge on any atom is 0.0408 e. The monoisotopic (exact) mass is 187 g/mol. The Labute approximate surface area is 77.1 Å². The van der Waals surface area contributed by atoms with Crippen molar-refractivity contribution in [2.24, 2.45) is 0 Å². The van der Waals surface area contributed by atoms with Crippen LogP contribution in [0.2, 0.25) is 5.02 Å². The molecule has 0 aromatic heterocycles. The maximum absolute atomic E-state index is 5.78. The molecule has 1 rings (SSSR count). The Hall–Kier alpha value is -0.200. The van der Waals surface area contributed by atoms with Crippen molar-refractivity contribution in [1.29, 1.82) is 0 Å². The average molecular weight is 188 g/mol. The number of hydrogen-bond donors (Lipinski definition) is 0. The van der Waals surface area contributed by atoms with E-state index in [1.165, 1.54) is 0 Å². The highest BCUT2D eigenvalue weighted by molar-refractivity contribution is 6.30. The predicted octanol–water partition coefficient (Wildman–Crippen LogP) is 3.50. The number of rotatable bonds is 2. The largest absolute Gasteiger partial charge is 0.126 e. The van der Waals surface area contributed by atoms with Crippen molar-refractivity contribution in [3.63, 3.8) is 0 Å². The summed E-state index contributed by atoms with van der Waals surface area (Å²) in [6, 6.07) is 7.61. The molecular weight excluding hydrogens is 179 g/mol. The highest BCUT2D eigenvalue weighted by atomic mass is 35.5. The second kappa shape index (κ2) is 3.99. The van der Waals surface area contributed by atoms with Crippen molar-refractivity contribution in [1.82, 2.24) is 0 Å². The first kappa shape index (κ1) is 8.89. The van der Waals surface area contributed by atoms with E-state index in [9.17, 15) is 0 Å². The van der Waals surface area contributed by atoms with Gasteiger partial charge in [-0.15, -0.1) is 11.6 Å². The summed E-state index contributed by atoms with van der Waals surface area (Å²) in [5, 5.41) is 0.737. The first-order valence-electron chi connectivity index (χ1n) is 3.38. The van der Waals surface area contributed by atoms with E-state index in [2.05, 4.69) is 6.92 Å². The van der Waals surface area contributed by atoms with E-state index in [0.29, 0.717) is 5.88 Å². The Morgan fingerprint density at radius 1 is 1.45 bits per heavy atom. The third kappa shape index (κ3) is 2.39. The fourth-order valence-corrected chi connectivity index (χ4v) is 1.23. The van der Waals surface area contributed by atoms with E-state index in [-0.39, 0.29) is 5.92 Å². The zero-order valence-electron chi connectivity index (χ0n) is 6.06. The highest BCUT2D eigenvalue weighted by Crippen LogP contribution is 2.19. The van der Waals surface area contributed by atoms with Crippen molar-refractivity contribution in [3.05, 3.63) is 41.8 Å². The lowest BCUT2D eigenvalue weighted by molar-refractivity contribution is 0.974. The summed E-state index contributed by atoms with van der Waals surface area (Å²) in [4.78, 5) is 0. The van der Waals surface area contributed by atoms with Gasteiger partial charge < -0.3 is 0 Å². The van der Waals surface area contributed by atoms with Crippen LogP contribution in [0.1, 0.15) is 11.5 Å². The molecule has 1 aromatic rings. The van der Waals surface area contributed by atoms with Crippen molar-refractivity contribution in [3.8, 4) is 0 Å². The second-order valence-electron chi connectivity index (χ2n) is 2.41. The third-order valence-corrected chi connectivity index (χ3v) is 2.11. The first-order valence-corrected chi connectivity index (χ1v) is 4.30. The van der Waals surface area contributed by atoms with Crippen molar-refractivity contribution >= 4 is 23.2 Å². The molecule has 2 heteroatoms. The Kier molecular flexibility index (Phi) is 3.22. The van der Waals surface area contributed by atoms with E-state index in [1.807, 2.05) is 24.3 Å². The molecule has 59 valence electrons. The van der Waals surface area contributed by atoms with Gasteiger partial charge in [0, 0.05) is 10.9 Å². The minimum Gasteiger partial charge on any atom is -0.126 e. The molecule has 0 heterocycles. The normalized spacial score (nSPS) is 13.0. The van der Waals surface area contributed by atoms with Gasteiger partial charge in [-0.25, -0.2) is 0 Å². The summed E-state index contributed by atoms with van der Waals surface area (Å²) in [5.41, 5.74) is 1.09. The second-order valence-corrected chi connectivity index (χ2v) is 3.15. The van der Waals surface area contributed by atoms with Crippen LogP contribution in [-0.2, 0) is 0 Å². The number of hydrogen-bond acceptors (Lipinski definition) is 0. The lowest BCUT2D eigenvalue weighted by Gasteiger charge is -2.06. The summed E-state index contributed by atoms with van der Waals surface area (Å²) in [5.74, 6) is 0.663. The van der Waals surface area contributed by atoms with Gasteiger partial charge in [-0.05, 0) is 30.5 Å². The van der Waals surface area contributed by atoms with Gasteiger partial charge in [0.05, 0.1) is 0 Å². The summed E-state index contributed by atoms with van der Waals surface area (Å²) >= 11 is 11.4. The lowest BCUT2D eigenvalue weighted by atomic mass is 10.0. The molecule has 1 unspecified atom stereocenters. The predicted molar refractivity (Wildman–Crippen MR) is 50.3 cm³/mol. The van der Waals surface area contributed by atoms with E-state index >= 15 is 0 Å². The molecule has 0 saturated heterocycles. The smallest absolute Gasteiger partial charge is 0.0408 e. The molecule has 0 bridgehead atoms. The van der Waals surface area contributed by atoms with Crippen LogP contribution in [0.4, 0.5) is 0 Å². The van der Waals surface area contributed by atoms with Crippen molar-refractivity contribution in [2.75, 3.05) is 5.88 Å². The molecule has 0 N–H and O–H groups in total. The molecule has 11 heavy (non-hydrogen) atoms. The zero-order valence-corrected chi connectivity index (χ0v) is 7.57. The van der Waals surface area contributed by atoms with Crippen LogP contribution in [0.15, 0.2) is 24.3 Å². The van der Waals surface area contributed by atoms with Crippen LogP contribution in [-0.4, -0.2) is 5.88 Å². The SMILES string of the molecule is [CH2]C(CCl)c1cccc(Cl)c1. The number of halogens is 2. The molecule has 0 amide bonds. The molecule has 0 nitrogen and oxygen atoms in total. The van der Waals surface area contributed by atoms with E-state index in [1.54, 1.807) is 0 Å². The Balaban J connectivity index is 2.86. The van der Waals surface area contributed by atoms with Crippen LogP contribution in [0.25, 0.3) is 0 Å². The molecule has 0 aliphatic rings. The standard InChI is InChI=1S/C9H9Cl2/c1-7(6-10)8-3-2-4-9(11)5-8/h2-5,7H,1,6H2. The minimum absolute atomic E-state index is 0.135. The molecule has 0 aliphatic heterocycles. The molecule has 1 atom stereocenters. The summed E-state index contributed by atoms with van der Waals surface area (Å²) < 4.78 is 0. The maximum atomic E-state index is 5.78. The number of alkyl halides is 1. The molecule has 0 aliphatic carbocycles. The van der Waals surface area contributed by atoms with Crippen molar-refractivity contribution < 1.29 is 0 Å². The van der Waals surface area contributed by atoms with E-state index in [0.717, 1.165) is 10.6 Å². The van der Waals surface area contributed by atoms with E-state index in [4.69, 9.17) is 23.2 Å². The van der Waals surface area contributed by atoms with Gasteiger partial charge in [0.2, 0.25) is 0 Å². The van der Waals surface area contributed by atoms with Crippen molar-refractivity contribution in [2.45, 2.75) is 5.92 Å². The average Bonchev–Trinajstić information content (AvgIpc) is 2.03. The molecule has 0 fully saturated rings. The number of benzene rings is 1. The van der Waals surface area contributed by atoms with Gasteiger partial charge >= 0.3 is 0 Å². The molecule has 0 spiro atoms. The fourth-order valence-electron chi connectivity index (χ4n) is 0.850. The topological polar surface area (TPSA) is 0 Å². The Morgan fingerprint density at radius 2 is 2.18 bits per heavy atom. The first-order chi connectivity index (χ1) is 5.24. The molecule has 0 saturated carbocycles. The Morgan fingerprint density at radius 3 is 2.73 bits per heavy atom. The molecule has 1 radical (unpaired) electrons. The third-order valence-electron chi connectivity index (χ3n) is 1.51. The minimum atomic E-state index is 0.135. The zero-order chi connectivity index (χ0) is 8.27. The van der Waals surface area contributed by atoms with Crippen LogP contribution in [0.5, 0.6) is 0 Å². The fraction of sp³-hybridized carbons (Fsp3) is 0.222. The van der Waals surface area contributed by atoms with Crippen LogP contribution < -0.4 is 0 Å². The van der Waals surface area contributed by atoms with Crippen LogP contribution >= 0.6 is 23.2 Å². The van der Waals surface area contributed by atoms with Gasteiger partial charge in [0.1, 0.15) is 0 Å². The molecular formula is C9H9Cl2. The lowest BCUT2D eigenvalue weighted by Crippen LogP contribution is -1.93.